The molecule has 0 unspecified atom stereocenters. The molecule has 2 fully saturated rings. The average molecular weight is 488 g/mol. The lowest BCUT2D eigenvalue weighted by Gasteiger charge is -2.38. The van der Waals surface area contributed by atoms with Gasteiger partial charge in [0.2, 0.25) is 5.91 Å². The number of nitrogens with zero attached hydrogens (tertiary/aromatic N) is 2. The highest BCUT2D eigenvalue weighted by Crippen LogP contribution is 2.49. The third-order valence-electron chi connectivity index (χ3n) is 8.69. The molecule has 0 radical (unpaired) electrons. The number of rotatable bonds is 5. The summed E-state index contributed by atoms with van der Waals surface area (Å²) in [7, 11) is 0. The van der Waals surface area contributed by atoms with Crippen molar-refractivity contribution in [2.24, 2.45) is 11.8 Å². The van der Waals surface area contributed by atoms with Crippen LogP contribution in [-0.4, -0.2) is 45.1 Å². The smallest absolute Gasteiger partial charge is 0.258 e. The molecule has 2 amide bonds. The van der Waals surface area contributed by atoms with Crippen LogP contribution in [0.1, 0.15) is 72.6 Å². The lowest BCUT2D eigenvalue weighted by Crippen LogP contribution is -2.49. The summed E-state index contributed by atoms with van der Waals surface area (Å²) in [4.78, 5) is 43.0. The van der Waals surface area contributed by atoms with Crippen LogP contribution in [0.4, 0.5) is 0 Å². The molecule has 2 aliphatic carbocycles. The number of hydrogen-bond donors (Lipinski definition) is 2. The second-order valence-electron chi connectivity index (χ2n) is 10.7. The van der Waals surface area contributed by atoms with Crippen molar-refractivity contribution < 1.29 is 14.7 Å². The Hall–Kier alpha value is -3.19. The molecule has 2 bridgehead atoms. The Balaban J connectivity index is 1.45. The maximum absolute atomic E-state index is 13.8. The predicted octanol–water partition coefficient (Wildman–Crippen LogP) is 3.28. The van der Waals surface area contributed by atoms with Gasteiger partial charge in [0, 0.05) is 41.9 Å². The Labute approximate surface area is 210 Å². The number of carbonyl (C=O) groups excluding carboxylic acids is 2. The molecule has 1 saturated carbocycles. The van der Waals surface area contributed by atoms with Crippen LogP contribution in [-0.2, 0) is 11.3 Å². The van der Waals surface area contributed by atoms with Crippen molar-refractivity contribution in [1.82, 2.24) is 14.8 Å². The van der Waals surface area contributed by atoms with Gasteiger partial charge >= 0.3 is 0 Å². The Morgan fingerprint density at radius 2 is 1.81 bits per heavy atom. The lowest BCUT2D eigenvalue weighted by molar-refractivity contribution is -0.128. The first-order valence-electron chi connectivity index (χ1n) is 13.3. The minimum atomic E-state index is -0.613. The van der Waals surface area contributed by atoms with Crippen molar-refractivity contribution in [2.75, 3.05) is 6.61 Å². The SMILES string of the molecule is O=C(NC1CCCC1)[C@@H]1[C@@H](CO)[C@@H]2Cn3c(ccc(C4=CCCC4)c3=O)[C@H]1N2C(=O)c1ccccc1. The highest BCUT2D eigenvalue weighted by molar-refractivity contribution is 5.96. The molecule has 188 valence electrons. The molecule has 0 spiro atoms. The van der Waals surface area contributed by atoms with Gasteiger partial charge in [0.25, 0.3) is 11.5 Å². The highest BCUT2D eigenvalue weighted by atomic mass is 16.3. The maximum Gasteiger partial charge on any atom is 0.258 e. The number of carbonyl (C=O) groups is 2. The standard InChI is InChI=1S/C29H33N3O4/c33-17-22-24-16-31-23(15-14-21(29(31)36)18-8-4-5-9-18)26(25(22)27(34)30-20-12-6-7-13-20)32(24)28(35)19-10-2-1-3-11-19/h1-3,8,10-11,14-15,20,22,24-26,33H,4-7,9,12-13,16-17H2,(H,30,34)/t22-,24-,25+,26+/m0/s1. The fraction of sp³-hybridized carbons (Fsp3) is 0.483. The van der Waals surface area contributed by atoms with Gasteiger partial charge < -0.3 is 19.9 Å². The van der Waals surface area contributed by atoms with Crippen molar-refractivity contribution in [1.29, 1.82) is 0 Å². The van der Waals surface area contributed by atoms with Crippen molar-refractivity contribution in [3.05, 3.63) is 75.7 Å². The summed E-state index contributed by atoms with van der Waals surface area (Å²) >= 11 is 0. The zero-order valence-electron chi connectivity index (χ0n) is 20.4. The molecule has 2 aliphatic heterocycles. The number of amides is 2. The van der Waals surface area contributed by atoms with E-state index < -0.39 is 23.9 Å². The van der Waals surface area contributed by atoms with E-state index in [1.807, 2.05) is 30.3 Å². The van der Waals surface area contributed by atoms with Crippen LogP contribution in [0.25, 0.3) is 5.57 Å². The van der Waals surface area contributed by atoms with Crippen LogP contribution in [0.3, 0.4) is 0 Å². The first-order chi connectivity index (χ1) is 17.6. The fourth-order valence-corrected chi connectivity index (χ4v) is 6.94. The van der Waals surface area contributed by atoms with Gasteiger partial charge in [0.1, 0.15) is 0 Å². The van der Waals surface area contributed by atoms with E-state index in [0.717, 1.165) is 50.5 Å². The molecule has 7 nitrogen and oxygen atoms in total. The van der Waals surface area contributed by atoms with Gasteiger partial charge in [-0.2, -0.15) is 0 Å². The van der Waals surface area contributed by atoms with Crippen molar-refractivity contribution >= 4 is 17.4 Å². The molecule has 1 saturated heterocycles. The van der Waals surface area contributed by atoms with Gasteiger partial charge in [-0.25, -0.2) is 0 Å². The summed E-state index contributed by atoms with van der Waals surface area (Å²) in [5.41, 5.74) is 2.97. The van der Waals surface area contributed by atoms with Gasteiger partial charge in [0.15, 0.2) is 0 Å². The van der Waals surface area contributed by atoms with Crippen molar-refractivity contribution in [3.8, 4) is 0 Å². The normalized spacial score (nSPS) is 27.1. The van der Waals surface area contributed by atoms with Crippen LogP contribution in [0.2, 0.25) is 0 Å². The van der Waals surface area contributed by atoms with E-state index in [9.17, 15) is 19.5 Å². The maximum atomic E-state index is 13.8. The summed E-state index contributed by atoms with van der Waals surface area (Å²) in [6, 6.07) is 12.0. The molecule has 3 heterocycles. The number of pyridine rings is 1. The number of aliphatic hydroxyl groups is 1. The van der Waals surface area contributed by atoms with E-state index in [2.05, 4.69) is 11.4 Å². The highest BCUT2D eigenvalue weighted by Gasteiger charge is 2.57. The van der Waals surface area contributed by atoms with Crippen LogP contribution in [0.15, 0.2) is 53.3 Å². The summed E-state index contributed by atoms with van der Waals surface area (Å²) in [6.07, 6.45) is 9.18. The molecule has 4 aliphatic rings. The number of aliphatic hydroxyl groups excluding tert-OH is 1. The van der Waals surface area contributed by atoms with E-state index in [0.29, 0.717) is 16.8 Å². The van der Waals surface area contributed by atoms with Crippen molar-refractivity contribution in [3.63, 3.8) is 0 Å². The van der Waals surface area contributed by atoms with Crippen LogP contribution in [0, 0.1) is 11.8 Å². The molecule has 4 atom stereocenters. The number of benzene rings is 1. The van der Waals surface area contributed by atoms with Gasteiger partial charge in [-0.15, -0.1) is 0 Å². The second-order valence-corrected chi connectivity index (χ2v) is 10.7. The van der Waals surface area contributed by atoms with E-state index >= 15 is 0 Å². The molecule has 1 aromatic heterocycles. The molecular weight excluding hydrogens is 454 g/mol. The van der Waals surface area contributed by atoms with E-state index in [1.165, 1.54) is 0 Å². The molecule has 1 aromatic carbocycles. The third kappa shape index (κ3) is 3.72. The molecule has 2 N–H and O–H groups in total. The molecule has 2 aromatic rings. The van der Waals surface area contributed by atoms with Gasteiger partial charge in [-0.05, 0) is 61.9 Å². The third-order valence-corrected chi connectivity index (χ3v) is 8.69. The fourth-order valence-electron chi connectivity index (χ4n) is 6.94. The van der Waals surface area contributed by atoms with Gasteiger partial charge in [-0.3, -0.25) is 14.4 Å². The zero-order chi connectivity index (χ0) is 24.8. The first-order valence-corrected chi connectivity index (χ1v) is 13.3. The zero-order valence-corrected chi connectivity index (χ0v) is 20.4. The largest absolute Gasteiger partial charge is 0.396 e. The molecule has 6 rings (SSSR count). The molecule has 36 heavy (non-hydrogen) atoms. The Kier molecular flexibility index (Phi) is 6.04. The minimum Gasteiger partial charge on any atom is -0.396 e. The first kappa shape index (κ1) is 23.2. The summed E-state index contributed by atoms with van der Waals surface area (Å²) < 4.78 is 1.77. The second kappa shape index (κ2) is 9.36. The summed E-state index contributed by atoms with van der Waals surface area (Å²) in [5.74, 6) is -1.35. The minimum absolute atomic E-state index is 0.0593. The Morgan fingerprint density at radius 1 is 1.03 bits per heavy atom. The number of fused-ring (bicyclic) bond motifs is 4. The number of hydrogen-bond acceptors (Lipinski definition) is 4. The monoisotopic (exact) mass is 487 g/mol. The Bertz CT molecular complexity index is 1260. The summed E-state index contributed by atoms with van der Waals surface area (Å²) in [5, 5.41) is 13.7. The van der Waals surface area contributed by atoms with Crippen LogP contribution < -0.4 is 10.9 Å². The van der Waals surface area contributed by atoms with Crippen LogP contribution in [0.5, 0.6) is 0 Å². The van der Waals surface area contributed by atoms with E-state index in [1.54, 1.807) is 21.6 Å². The lowest BCUT2D eigenvalue weighted by atomic mass is 9.86. The number of nitrogens with one attached hydrogen (secondary N) is 1. The Morgan fingerprint density at radius 3 is 2.50 bits per heavy atom. The molecule has 7 heteroatoms. The quantitative estimate of drug-likeness (QED) is 0.677. The van der Waals surface area contributed by atoms with E-state index in [-0.39, 0.29) is 36.6 Å². The average Bonchev–Trinajstić information content (AvgIpc) is 3.65. The van der Waals surface area contributed by atoms with E-state index in [4.69, 9.17) is 0 Å². The predicted molar refractivity (Wildman–Crippen MR) is 136 cm³/mol. The van der Waals surface area contributed by atoms with Crippen LogP contribution >= 0.6 is 0 Å². The topological polar surface area (TPSA) is 91.6 Å². The number of allylic oxidation sites excluding steroid dienone is 2. The van der Waals surface area contributed by atoms with Gasteiger partial charge in [-0.1, -0.05) is 37.1 Å². The van der Waals surface area contributed by atoms with Crippen molar-refractivity contribution in [2.45, 2.75) is 69.6 Å². The summed E-state index contributed by atoms with van der Waals surface area (Å²) in [6.45, 7) is 0.0615. The number of aromatic nitrogens is 1. The molecular formula is C29H33N3O4. The van der Waals surface area contributed by atoms with Gasteiger partial charge in [0.05, 0.1) is 18.0 Å².